The van der Waals surface area contributed by atoms with Crippen molar-refractivity contribution in [2.45, 2.75) is 0 Å². The van der Waals surface area contributed by atoms with E-state index in [0.29, 0.717) is 0 Å². The number of hydrogen-bond acceptors (Lipinski definition) is 1. The molecule has 2 nitrogen and oxygen atoms in total. The number of H-pyrrole nitrogens is 1. The van der Waals surface area contributed by atoms with Crippen LogP contribution in [0.25, 0.3) is 22.2 Å². The van der Waals surface area contributed by atoms with Crippen LogP contribution in [0.5, 0.6) is 0 Å². The molecule has 72 valence electrons. The van der Waals surface area contributed by atoms with E-state index in [4.69, 9.17) is 0 Å². The number of aromatic nitrogens is 2. The topological polar surface area (TPSA) is 28.7 Å². The van der Waals surface area contributed by atoms with Crippen LogP contribution in [0, 0.1) is 0 Å². The summed E-state index contributed by atoms with van der Waals surface area (Å²) in [6.45, 7) is 0. The molecule has 2 aromatic heterocycles. The van der Waals surface area contributed by atoms with E-state index in [-0.39, 0.29) is 0 Å². The van der Waals surface area contributed by atoms with E-state index in [1.807, 2.05) is 36.7 Å². The van der Waals surface area contributed by atoms with Gasteiger partial charge in [-0.25, -0.2) is 0 Å². The molecule has 2 heteroatoms. The highest BCUT2D eigenvalue weighted by Gasteiger charge is 2.04. The van der Waals surface area contributed by atoms with Gasteiger partial charge in [0.1, 0.15) is 0 Å². The van der Waals surface area contributed by atoms with E-state index >= 15 is 0 Å². The number of nitrogens with one attached hydrogen (secondary N) is 1. The van der Waals surface area contributed by atoms with Crippen LogP contribution in [0.1, 0.15) is 0 Å². The van der Waals surface area contributed by atoms with Crippen LogP contribution in [0.15, 0.2) is 54.9 Å². The van der Waals surface area contributed by atoms with Gasteiger partial charge in [0.2, 0.25) is 0 Å². The molecule has 1 N–H and O–H groups in total. The summed E-state index contributed by atoms with van der Waals surface area (Å²) in [5.41, 5.74) is 3.32. The number of benzene rings is 1. The average Bonchev–Trinajstić information content (AvgIpc) is 2.78. The van der Waals surface area contributed by atoms with E-state index in [1.165, 1.54) is 5.39 Å². The first-order valence-corrected chi connectivity index (χ1v) is 4.93. The second-order valence-electron chi connectivity index (χ2n) is 3.46. The van der Waals surface area contributed by atoms with Crippen LogP contribution < -0.4 is 0 Å². The zero-order chi connectivity index (χ0) is 10.1. The van der Waals surface area contributed by atoms with E-state index in [1.54, 1.807) is 0 Å². The maximum atomic E-state index is 4.43. The monoisotopic (exact) mass is 194 g/mol. The van der Waals surface area contributed by atoms with E-state index in [2.05, 4.69) is 28.2 Å². The van der Waals surface area contributed by atoms with Gasteiger partial charge in [0, 0.05) is 28.9 Å². The Balaban J connectivity index is 2.31. The molecule has 0 aliphatic carbocycles. The molecular formula is C13H10N2. The molecule has 3 aromatic rings. The number of pyridine rings is 1. The van der Waals surface area contributed by atoms with Gasteiger partial charge in [-0.1, -0.05) is 30.3 Å². The molecule has 0 atom stereocenters. The van der Waals surface area contributed by atoms with Gasteiger partial charge in [0.15, 0.2) is 0 Å². The Kier molecular flexibility index (Phi) is 1.78. The largest absolute Gasteiger partial charge is 0.361 e. The molecule has 0 amide bonds. The Bertz CT molecular complexity index is 582. The first kappa shape index (κ1) is 8.24. The number of aromatic amines is 1. The van der Waals surface area contributed by atoms with Gasteiger partial charge in [0.25, 0.3) is 0 Å². The van der Waals surface area contributed by atoms with Crippen molar-refractivity contribution in [3.8, 4) is 11.3 Å². The van der Waals surface area contributed by atoms with Gasteiger partial charge >= 0.3 is 0 Å². The summed E-state index contributed by atoms with van der Waals surface area (Å²) < 4.78 is 0. The Morgan fingerprint density at radius 3 is 2.67 bits per heavy atom. The lowest BCUT2D eigenvalue weighted by molar-refractivity contribution is 1.35. The molecule has 0 unspecified atom stereocenters. The molecule has 0 aliphatic rings. The molecule has 1 aromatic carbocycles. The SMILES string of the molecule is c1ccc(-c2nccc3[nH]ccc23)cc1. The van der Waals surface area contributed by atoms with Crippen molar-refractivity contribution in [3.63, 3.8) is 0 Å². The van der Waals surface area contributed by atoms with Crippen molar-refractivity contribution in [2.24, 2.45) is 0 Å². The maximum Gasteiger partial charge on any atom is 0.0795 e. The van der Waals surface area contributed by atoms with Crippen LogP contribution in [-0.4, -0.2) is 9.97 Å². The predicted octanol–water partition coefficient (Wildman–Crippen LogP) is 3.23. The molecule has 15 heavy (non-hydrogen) atoms. The summed E-state index contributed by atoms with van der Waals surface area (Å²) in [7, 11) is 0. The maximum absolute atomic E-state index is 4.43. The Labute approximate surface area is 87.6 Å². The molecule has 0 spiro atoms. The molecule has 0 saturated carbocycles. The van der Waals surface area contributed by atoms with Crippen LogP contribution in [0.4, 0.5) is 0 Å². The average molecular weight is 194 g/mol. The minimum absolute atomic E-state index is 1.04. The molecule has 0 bridgehead atoms. The van der Waals surface area contributed by atoms with Gasteiger partial charge in [-0.3, -0.25) is 4.98 Å². The third-order valence-corrected chi connectivity index (χ3v) is 2.53. The number of rotatable bonds is 1. The first-order chi connectivity index (χ1) is 7.45. The fraction of sp³-hybridized carbons (Fsp3) is 0. The lowest BCUT2D eigenvalue weighted by atomic mass is 10.1. The molecule has 2 heterocycles. The fourth-order valence-corrected chi connectivity index (χ4v) is 1.81. The molecule has 0 aliphatic heterocycles. The highest BCUT2D eigenvalue weighted by Crippen LogP contribution is 2.24. The summed E-state index contributed by atoms with van der Waals surface area (Å²) in [5.74, 6) is 0. The summed E-state index contributed by atoms with van der Waals surface area (Å²) in [6, 6.07) is 14.3. The smallest absolute Gasteiger partial charge is 0.0795 e. The van der Waals surface area contributed by atoms with Gasteiger partial charge in [-0.15, -0.1) is 0 Å². The Morgan fingerprint density at radius 1 is 0.933 bits per heavy atom. The third kappa shape index (κ3) is 1.31. The molecule has 0 fully saturated rings. The molecule has 0 saturated heterocycles. The second kappa shape index (κ2) is 3.24. The number of nitrogens with zero attached hydrogens (tertiary/aromatic N) is 1. The quantitative estimate of drug-likeness (QED) is 0.633. The van der Waals surface area contributed by atoms with Crippen molar-refractivity contribution in [2.75, 3.05) is 0 Å². The molecule has 3 rings (SSSR count). The van der Waals surface area contributed by atoms with Crippen molar-refractivity contribution in [1.82, 2.24) is 9.97 Å². The van der Waals surface area contributed by atoms with Crippen molar-refractivity contribution in [3.05, 3.63) is 54.9 Å². The van der Waals surface area contributed by atoms with Crippen molar-refractivity contribution in [1.29, 1.82) is 0 Å². The minimum atomic E-state index is 1.04. The highest BCUT2D eigenvalue weighted by atomic mass is 14.7. The number of fused-ring (bicyclic) bond motifs is 1. The van der Waals surface area contributed by atoms with Crippen LogP contribution in [0.3, 0.4) is 0 Å². The van der Waals surface area contributed by atoms with Crippen LogP contribution in [-0.2, 0) is 0 Å². The second-order valence-corrected chi connectivity index (χ2v) is 3.46. The Hall–Kier alpha value is -2.09. The van der Waals surface area contributed by atoms with Crippen molar-refractivity contribution >= 4 is 10.9 Å². The third-order valence-electron chi connectivity index (χ3n) is 2.53. The summed E-state index contributed by atoms with van der Waals surface area (Å²) in [6.07, 6.45) is 3.78. The lowest BCUT2D eigenvalue weighted by Gasteiger charge is -2.01. The number of hydrogen-bond donors (Lipinski definition) is 1. The van der Waals surface area contributed by atoms with E-state index in [0.717, 1.165) is 16.8 Å². The van der Waals surface area contributed by atoms with Crippen LogP contribution >= 0.6 is 0 Å². The molecular weight excluding hydrogens is 184 g/mol. The van der Waals surface area contributed by atoms with Gasteiger partial charge < -0.3 is 4.98 Å². The fourth-order valence-electron chi connectivity index (χ4n) is 1.81. The summed E-state index contributed by atoms with van der Waals surface area (Å²) in [4.78, 5) is 7.62. The normalized spacial score (nSPS) is 10.7. The van der Waals surface area contributed by atoms with E-state index < -0.39 is 0 Å². The first-order valence-electron chi connectivity index (χ1n) is 4.93. The lowest BCUT2D eigenvalue weighted by Crippen LogP contribution is -1.83. The van der Waals surface area contributed by atoms with Gasteiger partial charge in [0.05, 0.1) is 5.69 Å². The standard InChI is InChI=1S/C13H10N2/c1-2-4-10(5-3-1)13-11-6-8-14-12(11)7-9-15-13/h1-9,14H. The molecule has 0 radical (unpaired) electrons. The summed E-state index contributed by atoms with van der Waals surface area (Å²) >= 11 is 0. The summed E-state index contributed by atoms with van der Waals surface area (Å²) in [5, 5.41) is 1.17. The van der Waals surface area contributed by atoms with E-state index in [9.17, 15) is 0 Å². The van der Waals surface area contributed by atoms with Gasteiger partial charge in [-0.2, -0.15) is 0 Å². The highest BCUT2D eigenvalue weighted by molar-refractivity contribution is 5.92. The van der Waals surface area contributed by atoms with Crippen molar-refractivity contribution < 1.29 is 0 Å². The van der Waals surface area contributed by atoms with Gasteiger partial charge in [-0.05, 0) is 12.1 Å². The zero-order valence-corrected chi connectivity index (χ0v) is 8.14. The Morgan fingerprint density at radius 2 is 1.80 bits per heavy atom. The minimum Gasteiger partial charge on any atom is -0.361 e. The van der Waals surface area contributed by atoms with Crippen LogP contribution in [0.2, 0.25) is 0 Å². The predicted molar refractivity (Wildman–Crippen MR) is 61.5 cm³/mol. The zero-order valence-electron chi connectivity index (χ0n) is 8.14.